The van der Waals surface area contributed by atoms with Gasteiger partial charge in [-0.15, -0.1) is 0 Å². The second-order valence-corrected chi connectivity index (χ2v) is 6.48. The average molecular weight is 276 g/mol. The van der Waals surface area contributed by atoms with Gasteiger partial charge in [-0.1, -0.05) is 26.7 Å². The minimum Gasteiger partial charge on any atom is -0.387 e. The summed E-state index contributed by atoms with van der Waals surface area (Å²) in [6.07, 6.45) is 3.83. The van der Waals surface area contributed by atoms with Gasteiger partial charge in [-0.25, -0.2) is 0 Å². The third-order valence-corrected chi connectivity index (χ3v) is 5.58. The summed E-state index contributed by atoms with van der Waals surface area (Å²) in [5.41, 5.74) is 5.40. The summed E-state index contributed by atoms with van der Waals surface area (Å²) in [5, 5.41) is 7.38. The highest BCUT2D eigenvalue weighted by atomic mass is 32.2. The van der Waals surface area contributed by atoms with Crippen molar-refractivity contribution in [1.29, 1.82) is 5.41 Å². The van der Waals surface area contributed by atoms with Gasteiger partial charge in [-0.05, 0) is 12.8 Å². The molecule has 0 atom stereocenters. The molecule has 0 amide bonds. The Balaban J connectivity index is 2.96. The van der Waals surface area contributed by atoms with Crippen molar-refractivity contribution in [3.63, 3.8) is 0 Å². The van der Waals surface area contributed by atoms with Crippen LogP contribution >= 0.6 is 0 Å². The summed E-state index contributed by atoms with van der Waals surface area (Å²) in [6.45, 7) is 4.53. The lowest BCUT2D eigenvalue weighted by atomic mass is 10.2. The number of hydrogen-bond donors (Lipinski definition) is 2. The van der Waals surface area contributed by atoms with Crippen molar-refractivity contribution in [1.82, 2.24) is 8.61 Å². The minimum absolute atomic E-state index is 0.000463. The van der Waals surface area contributed by atoms with E-state index in [0.29, 0.717) is 13.1 Å². The number of rotatable bonds is 7. The van der Waals surface area contributed by atoms with Gasteiger partial charge in [0.25, 0.3) is 10.2 Å². The van der Waals surface area contributed by atoms with Crippen molar-refractivity contribution >= 4 is 16.0 Å². The van der Waals surface area contributed by atoms with Crippen molar-refractivity contribution in [2.75, 3.05) is 19.6 Å². The first-order chi connectivity index (χ1) is 8.43. The van der Waals surface area contributed by atoms with E-state index in [0.717, 1.165) is 25.7 Å². The lowest BCUT2D eigenvalue weighted by Gasteiger charge is -2.32. The molecular weight excluding hydrogens is 252 g/mol. The number of nitrogens with one attached hydrogen (secondary N) is 1. The number of amidine groups is 1. The first kappa shape index (κ1) is 15.4. The molecule has 0 unspecified atom stereocenters. The van der Waals surface area contributed by atoms with E-state index >= 15 is 0 Å². The first-order valence-electron chi connectivity index (χ1n) is 6.53. The van der Waals surface area contributed by atoms with Crippen LogP contribution in [0.4, 0.5) is 0 Å². The topological polar surface area (TPSA) is 90.5 Å². The summed E-state index contributed by atoms with van der Waals surface area (Å²) in [5.74, 6) is -0.0994. The molecule has 0 bridgehead atoms. The van der Waals surface area contributed by atoms with Crippen LogP contribution in [-0.4, -0.2) is 48.5 Å². The third kappa shape index (κ3) is 3.43. The van der Waals surface area contributed by atoms with Crippen molar-refractivity contribution in [2.45, 2.75) is 45.6 Å². The summed E-state index contributed by atoms with van der Waals surface area (Å²) in [4.78, 5) is 0. The summed E-state index contributed by atoms with van der Waals surface area (Å²) in [6, 6.07) is -0.000463. The largest absolute Gasteiger partial charge is 0.387 e. The molecule has 0 aromatic carbocycles. The predicted molar refractivity (Wildman–Crippen MR) is 72.7 cm³/mol. The maximum absolute atomic E-state index is 12.5. The van der Waals surface area contributed by atoms with Crippen molar-refractivity contribution in [3.8, 4) is 0 Å². The van der Waals surface area contributed by atoms with Crippen LogP contribution in [0.3, 0.4) is 0 Å². The molecule has 0 aliphatic heterocycles. The molecule has 1 saturated carbocycles. The molecule has 0 aromatic heterocycles. The van der Waals surface area contributed by atoms with Gasteiger partial charge in [-0.3, -0.25) is 5.41 Å². The minimum atomic E-state index is -3.50. The van der Waals surface area contributed by atoms with Crippen molar-refractivity contribution in [2.24, 2.45) is 5.73 Å². The van der Waals surface area contributed by atoms with Crippen LogP contribution in [0, 0.1) is 5.41 Å². The van der Waals surface area contributed by atoms with E-state index in [2.05, 4.69) is 0 Å². The molecule has 0 radical (unpaired) electrons. The Morgan fingerprint density at radius 1 is 1.28 bits per heavy atom. The van der Waals surface area contributed by atoms with Crippen LogP contribution in [0.1, 0.15) is 39.5 Å². The van der Waals surface area contributed by atoms with E-state index in [1.54, 1.807) is 0 Å². The fourth-order valence-corrected chi connectivity index (χ4v) is 4.30. The van der Waals surface area contributed by atoms with Crippen LogP contribution in [0.2, 0.25) is 0 Å². The molecule has 0 saturated heterocycles. The second kappa shape index (κ2) is 6.49. The van der Waals surface area contributed by atoms with Crippen LogP contribution in [0.25, 0.3) is 0 Å². The summed E-state index contributed by atoms with van der Waals surface area (Å²) < 4.78 is 27.9. The van der Waals surface area contributed by atoms with E-state index in [9.17, 15) is 8.42 Å². The monoisotopic (exact) mass is 276 g/mol. The second-order valence-electron chi connectivity index (χ2n) is 4.60. The van der Waals surface area contributed by atoms with Gasteiger partial charge in [0.05, 0.1) is 6.54 Å². The van der Waals surface area contributed by atoms with Crippen molar-refractivity contribution in [3.05, 3.63) is 0 Å². The normalized spacial score (nSPS) is 17.8. The predicted octanol–water partition coefficient (Wildman–Crippen LogP) is 0.754. The Morgan fingerprint density at radius 2 is 1.78 bits per heavy atom. The maximum Gasteiger partial charge on any atom is 0.282 e. The highest BCUT2D eigenvalue weighted by Gasteiger charge is 2.35. The zero-order valence-electron chi connectivity index (χ0n) is 11.2. The Kier molecular flexibility index (Phi) is 5.55. The zero-order valence-corrected chi connectivity index (χ0v) is 12.0. The Bertz CT molecular complexity index is 373. The highest BCUT2D eigenvalue weighted by Crippen LogP contribution is 2.26. The van der Waals surface area contributed by atoms with Gasteiger partial charge in [0.2, 0.25) is 0 Å². The molecule has 3 N–H and O–H groups in total. The average Bonchev–Trinajstić information content (AvgIpc) is 2.79. The molecule has 0 spiro atoms. The van der Waals surface area contributed by atoms with Crippen molar-refractivity contribution < 1.29 is 8.42 Å². The van der Waals surface area contributed by atoms with Crippen LogP contribution in [0.5, 0.6) is 0 Å². The van der Waals surface area contributed by atoms with E-state index < -0.39 is 10.2 Å². The molecule has 106 valence electrons. The number of nitrogens with zero attached hydrogens (tertiary/aromatic N) is 2. The van der Waals surface area contributed by atoms with Gasteiger partial charge in [-0.2, -0.15) is 17.0 Å². The SMILES string of the molecule is CCN(CC)S(=O)(=O)N(CC(=N)N)C1CCCC1. The van der Waals surface area contributed by atoms with Gasteiger partial charge >= 0.3 is 0 Å². The van der Waals surface area contributed by atoms with Gasteiger partial charge in [0, 0.05) is 19.1 Å². The molecule has 0 aromatic rings. The van der Waals surface area contributed by atoms with Crippen LogP contribution < -0.4 is 5.73 Å². The van der Waals surface area contributed by atoms with Crippen LogP contribution in [0.15, 0.2) is 0 Å². The molecule has 1 rings (SSSR count). The number of nitrogens with two attached hydrogens (primary N) is 1. The standard InChI is InChI=1S/C11H24N4O2S/c1-3-14(4-2)18(16,17)15(9-11(12)13)10-7-5-6-8-10/h10H,3-9H2,1-2H3,(H3,12,13). The molecule has 6 nitrogen and oxygen atoms in total. The first-order valence-corrected chi connectivity index (χ1v) is 7.93. The van der Waals surface area contributed by atoms with E-state index in [-0.39, 0.29) is 18.4 Å². The smallest absolute Gasteiger partial charge is 0.282 e. The Morgan fingerprint density at radius 3 is 2.17 bits per heavy atom. The highest BCUT2D eigenvalue weighted by molar-refractivity contribution is 7.86. The Hall–Kier alpha value is -0.660. The molecular formula is C11H24N4O2S. The molecule has 18 heavy (non-hydrogen) atoms. The lowest BCUT2D eigenvalue weighted by molar-refractivity contribution is 0.312. The molecule has 0 heterocycles. The molecule has 1 aliphatic carbocycles. The maximum atomic E-state index is 12.5. The van der Waals surface area contributed by atoms with Gasteiger partial charge in [0.1, 0.15) is 5.84 Å². The molecule has 1 aliphatic rings. The zero-order chi connectivity index (χ0) is 13.8. The van der Waals surface area contributed by atoms with Gasteiger partial charge in [0.15, 0.2) is 0 Å². The van der Waals surface area contributed by atoms with Gasteiger partial charge < -0.3 is 5.73 Å². The fourth-order valence-electron chi connectivity index (χ4n) is 2.46. The van der Waals surface area contributed by atoms with E-state index in [4.69, 9.17) is 11.1 Å². The number of hydrogen-bond acceptors (Lipinski definition) is 3. The summed E-state index contributed by atoms with van der Waals surface area (Å²) in [7, 11) is -3.50. The lowest BCUT2D eigenvalue weighted by Crippen LogP contribution is -2.50. The molecule has 7 heteroatoms. The fraction of sp³-hybridized carbons (Fsp3) is 0.909. The third-order valence-electron chi connectivity index (χ3n) is 3.39. The van der Waals surface area contributed by atoms with E-state index in [1.165, 1.54) is 8.61 Å². The van der Waals surface area contributed by atoms with E-state index in [1.807, 2.05) is 13.8 Å². The quantitative estimate of drug-likeness (QED) is 0.531. The van der Waals surface area contributed by atoms with Crippen LogP contribution in [-0.2, 0) is 10.2 Å². The summed E-state index contributed by atoms with van der Waals surface area (Å²) >= 11 is 0. The molecule has 1 fully saturated rings. The Labute approximate surface area is 110 Å².